The number of unbranched alkanes of at least 4 members (excludes halogenated alkanes) is 9. The van der Waals surface area contributed by atoms with Crippen molar-refractivity contribution in [3.8, 4) is 61.3 Å². The zero-order chi connectivity index (χ0) is 101. The Hall–Kier alpha value is -7.14. The molecule has 0 radical (unpaired) electrons. The van der Waals surface area contributed by atoms with Crippen molar-refractivity contribution in [2.24, 2.45) is 23.7 Å². The van der Waals surface area contributed by atoms with Crippen LogP contribution in [-0.2, 0) is 47.3 Å². The van der Waals surface area contributed by atoms with Crippen LogP contribution in [0, 0.1) is 23.7 Å². The molecule has 2 aliphatic rings. The Morgan fingerprint density at radius 1 is 0.308 bits per heavy atom. The largest absolute Gasteiger partial charge is 0.274 e. The minimum Gasteiger partial charge on any atom is -0.274 e. The summed E-state index contributed by atoms with van der Waals surface area (Å²) < 4.78 is 7.32. The van der Waals surface area contributed by atoms with Crippen LogP contribution in [0.15, 0.2) is 146 Å². The van der Waals surface area contributed by atoms with Crippen LogP contribution in [0.25, 0.3) is 122 Å². The molecule has 7 unspecified atom stereocenters. The Balaban J connectivity index is 0.892. The summed E-state index contributed by atoms with van der Waals surface area (Å²) in [7, 11) is 0. The number of hydrogen-bond donors (Lipinski definition) is 0. The maximum Gasteiger partial charge on any atom is 0.271 e. The fourth-order valence-corrected chi connectivity index (χ4v) is 40.4. The van der Waals surface area contributed by atoms with Gasteiger partial charge in [0.15, 0.2) is 0 Å². The molecule has 0 N–H and O–H groups in total. The van der Waals surface area contributed by atoms with E-state index in [0.717, 1.165) is 144 Å². The van der Waals surface area contributed by atoms with E-state index in [4.69, 9.17) is 0 Å². The predicted molar refractivity (Wildman–Crippen MR) is 638 cm³/mol. The molecule has 4 aromatic carbocycles. The lowest BCUT2D eigenvalue weighted by atomic mass is 9.62. The monoisotopic (exact) mass is 2120 g/mol. The van der Waals surface area contributed by atoms with Crippen LogP contribution < -0.4 is 0 Å². The van der Waals surface area contributed by atoms with E-state index in [0.29, 0.717) is 51.1 Å². The molecule has 754 valence electrons. The quantitative estimate of drug-likeness (QED) is 0.0216. The molecule has 143 heavy (non-hydrogen) atoms. The summed E-state index contributed by atoms with van der Waals surface area (Å²) in [6.45, 7) is 45.3. The van der Waals surface area contributed by atoms with Crippen LogP contribution in [0.3, 0.4) is 0 Å². The summed E-state index contributed by atoms with van der Waals surface area (Å²) in [5, 5.41) is 7.08. The Morgan fingerprint density at radius 2 is 0.664 bits per heavy atom. The molecule has 16 aromatic rings. The number of nitrogens with zero attached hydrogens (tertiary/aromatic N) is 2. The van der Waals surface area contributed by atoms with Gasteiger partial charge in [-0.2, -0.15) is 0 Å². The fraction of sp³-hybridized carbons (Fsp3) is 0.472. The number of hydrogen-bond acceptors (Lipinski definition) is 16. The molecule has 0 bridgehead atoms. The maximum atomic E-state index is 16.4. The summed E-state index contributed by atoms with van der Waals surface area (Å²) in [5.74, 6) is 1.69. The molecule has 7 atom stereocenters. The zero-order valence-corrected chi connectivity index (χ0v) is 97.6. The van der Waals surface area contributed by atoms with E-state index in [2.05, 4.69) is 258 Å². The third kappa shape index (κ3) is 20.0. The second kappa shape index (κ2) is 45.7. The van der Waals surface area contributed by atoms with Gasteiger partial charge < -0.3 is 0 Å². The molecule has 18 rings (SSSR count). The average molecular weight is 2130 g/mol. The van der Waals surface area contributed by atoms with Gasteiger partial charge in [0.05, 0.1) is 30.3 Å². The molecule has 14 heterocycles. The highest BCUT2D eigenvalue weighted by Gasteiger charge is 2.51. The highest BCUT2D eigenvalue weighted by molar-refractivity contribution is 7.34. The van der Waals surface area contributed by atoms with Crippen LogP contribution in [0.4, 0.5) is 0 Å². The molecule has 0 saturated heterocycles. The van der Waals surface area contributed by atoms with E-state index in [-0.39, 0.29) is 35.6 Å². The standard InChI is InChI=1S/C125H148N2O4S12/c1-19-32-37-38-39-46-67-127-119(129)105-103-113(141-115(105)121(127)131)111(95-73-87-99(91-60-56-83(133-91)69-77(29-11)48-34-21-3)109-89(75-97(139-109)123(16,63-24-6)80-51-42-40-43-52-80)101(107(87)137-95)93-62-58-85(135-93)71-79(31-13)50-36-23-5)143-117(103)125(18,65-26-8)122(14,15)96-74-88-100(92-61-57-84(134-92)70-78(30-12)49-35-22-4)106-86(98(108(88)138-96)90-59-55-82(132-90)68-76(28-10)47-33-20-2)72-94(136-106)110-112-102(104-114(140-112)120(130)126(66-27-9)118(104)128)116(142-110)124(17,64-25-7)81-53-44-41-45-54-81/h27,40-45,51-62,72-79H,9,19-26,28-39,46-50,63-71H2,1-8,10-18H3. The van der Waals surface area contributed by atoms with Crippen molar-refractivity contribution >= 4 is 220 Å². The van der Waals surface area contributed by atoms with Crippen LogP contribution in [0.5, 0.6) is 0 Å². The molecule has 0 saturated carbocycles. The smallest absolute Gasteiger partial charge is 0.271 e. The van der Waals surface area contributed by atoms with Crippen LogP contribution in [-0.4, -0.2) is 46.5 Å². The van der Waals surface area contributed by atoms with Crippen molar-refractivity contribution in [2.45, 2.75) is 345 Å². The first-order chi connectivity index (χ1) is 69.4. The molecule has 4 amide bonds. The second-order valence-electron chi connectivity index (χ2n) is 42.6. The lowest BCUT2D eigenvalue weighted by molar-refractivity contribution is 0.0645. The van der Waals surface area contributed by atoms with Crippen LogP contribution >= 0.6 is 136 Å². The predicted octanol–water partition coefficient (Wildman–Crippen LogP) is 42.4. The SMILES string of the molecule is C=CCN1C(=O)c2sc3c(-c4cc5c(-c6ccc(CC(CC)CCCC)s6)c6sc(C(C)(C)C(C)(CCC)c7sc(-c8cc9c(-c%10ccc(CC(CC)CCCC)s%10)c%10sc(C(C)(CCC)c%11ccccc%11)cc%10c(-c%10ccc(CC(CC)CCCC)s%10)c9s8)c8sc9c(c78)C(=O)N(CCCCCCCC)C9=O)cc6c(-c6ccc(CC(CC)CCCC)s6)c5s4)sc(C(C)(CCC)c4ccccc4)c3c2C1=O. The third-order valence-corrected chi connectivity index (χ3v) is 48.3. The van der Waals surface area contributed by atoms with Crippen molar-refractivity contribution in [3.63, 3.8) is 0 Å². The molecule has 0 spiro atoms. The summed E-state index contributed by atoms with van der Waals surface area (Å²) in [6, 6.07) is 52.6. The molecule has 6 nitrogen and oxygen atoms in total. The number of rotatable bonds is 52. The Kier molecular flexibility index (Phi) is 33.8. The Labute approximate surface area is 900 Å². The summed E-state index contributed by atoms with van der Waals surface area (Å²) in [5.41, 5.74) is 7.05. The minimum atomic E-state index is -0.620. The van der Waals surface area contributed by atoms with Gasteiger partial charge in [-0.15, -0.1) is 143 Å². The molecule has 0 aliphatic carbocycles. The fourth-order valence-electron chi connectivity index (χ4n) is 23.7. The van der Waals surface area contributed by atoms with Gasteiger partial charge in [0.2, 0.25) is 0 Å². The molecule has 18 heteroatoms. The number of carbonyl (C=O) groups is 4. The number of thiophene rings is 12. The summed E-state index contributed by atoms with van der Waals surface area (Å²) in [6.07, 6.45) is 37.1. The lowest BCUT2D eigenvalue weighted by Crippen LogP contribution is -2.42. The first-order valence-electron chi connectivity index (χ1n) is 54.4. The number of fused-ring (bicyclic) bond motifs is 10. The van der Waals surface area contributed by atoms with E-state index in [9.17, 15) is 4.79 Å². The zero-order valence-electron chi connectivity index (χ0n) is 87.8. The van der Waals surface area contributed by atoms with Gasteiger partial charge in [0, 0.05) is 176 Å². The van der Waals surface area contributed by atoms with Gasteiger partial charge >= 0.3 is 0 Å². The number of imide groups is 2. The number of benzene rings is 4. The average Bonchev–Trinajstić information content (AvgIpc) is 1.53. The minimum absolute atomic E-state index is 0.130. The number of amides is 4. The van der Waals surface area contributed by atoms with Gasteiger partial charge in [-0.25, -0.2) is 0 Å². The van der Waals surface area contributed by atoms with Crippen molar-refractivity contribution in [2.75, 3.05) is 13.1 Å². The Bertz CT molecular complexity index is 7020. The second-order valence-corrected chi connectivity index (χ2v) is 55.6. The summed E-state index contributed by atoms with van der Waals surface area (Å²) in [4.78, 5) is 87.3. The van der Waals surface area contributed by atoms with Crippen LogP contribution in [0.1, 0.15) is 388 Å². The van der Waals surface area contributed by atoms with E-state index in [1.54, 1.807) is 22.3 Å². The normalized spacial score (nSPS) is 15.4. The van der Waals surface area contributed by atoms with Crippen molar-refractivity contribution in [3.05, 3.63) is 217 Å². The summed E-state index contributed by atoms with van der Waals surface area (Å²) >= 11 is 22.9. The molecule has 2 aliphatic heterocycles. The topological polar surface area (TPSA) is 74.8 Å². The highest BCUT2D eigenvalue weighted by atomic mass is 32.1. The van der Waals surface area contributed by atoms with E-state index < -0.39 is 16.2 Å². The number of carbonyl (C=O) groups excluding carboxylic acids is 4. The Morgan fingerprint density at radius 3 is 1.08 bits per heavy atom. The van der Waals surface area contributed by atoms with Crippen molar-refractivity contribution in [1.29, 1.82) is 0 Å². The van der Waals surface area contributed by atoms with Crippen molar-refractivity contribution in [1.82, 2.24) is 9.80 Å². The molecular formula is C125H148N2O4S12. The first kappa shape index (κ1) is 106. The molecular weight excluding hydrogens is 1980 g/mol. The van der Waals surface area contributed by atoms with Gasteiger partial charge in [-0.1, -0.05) is 339 Å². The van der Waals surface area contributed by atoms with E-state index in [1.807, 2.05) is 113 Å². The van der Waals surface area contributed by atoms with Crippen molar-refractivity contribution < 1.29 is 19.2 Å². The van der Waals surface area contributed by atoms with Crippen LogP contribution in [0.2, 0.25) is 0 Å². The maximum absolute atomic E-state index is 16.4. The molecule has 12 aromatic heterocycles. The third-order valence-electron chi connectivity index (χ3n) is 32.7. The van der Waals surface area contributed by atoms with Gasteiger partial charge in [0.25, 0.3) is 23.6 Å². The van der Waals surface area contributed by atoms with Gasteiger partial charge in [0.1, 0.15) is 9.75 Å². The van der Waals surface area contributed by atoms with E-state index in [1.165, 1.54) is 250 Å². The highest BCUT2D eigenvalue weighted by Crippen LogP contribution is 2.65. The molecule has 0 fully saturated rings. The van der Waals surface area contributed by atoms with Gasteiger partial charge in [-0.3, -0.25) is 29.0 Å². The van der Waals surface area contributed by atoms with E-state index >= 15 is 14.4 Å². The lowest BCUT2D eigenvalue weighted by Gasteiger charge is -2.44. The first-order valence-corrected chi connectivity index (χ1v) is 64.2. The van der Waals surface area contributed by atoms with Gasteiger partial charge in [-0.05, 0) is 159 Å².